The molecule has 0 aromatic heterocycles. The number of rotatable bonds is 5. The second kappa shape index (κ2) is 6.23. The van der Waals surface area contributed by atoms with E-state index < -0.39 is 0 Å². The van der Waals surface area contributed by atoms with Crippen molar-refractivity contribution >= 4 is 0 Å². The topological polar surface area (TPSA) is 12.0 Å². The van der Waals surface area contributed by atoms with Gasteiger partial charge in [-0.05, 0) is 61.4 Å². The van der Waals surface area contributed by atoms with Crippen LogP contribution in [0.15, 0.2) is 48.5 Å². The van der Waals surface area contributed by atoms with Crippen LogP contribution in [-0.4, -0.2) is 7.05 Å². The highest BCUT2D eigenvalue weighted by Gasteiger charge is 2.15. The molecule has 1 atom stereocenters. The summed E-state index contributed by atoms with van der Waals surface area (Å²) in [7, 11) is 2.07. The van der Waals surface area contributed by atoms with Crippen LogP contribution in [0.4, 0.5) is 0 Å². The number of benzene rings is 2. The molecule has 0 bridgehead atoms. The predicted molar refractivity (Wildman–Crippen MR) is 85.0 cm³/mol. The maximum Gasteiger partial charge on any atom is 0.0320 e. The van der Waals surface area contributed by atoms with Crippen molar-refractivity contribution in [1.29, 1.82) is 0 Å². The molecule has 0 amide bonds. The van der Waals surface area contributed by atoms with E-state index in [-0.39, 0.29) is 0 Å². The molecule has 0 saturated heterocycles. The summed E-state index contributed by atoms with van der Waals surface area (Å²) in [6.07, 6.45) is 6.14. The van der Waals surface area contributed by atoms with Crippen molar-refractivity contribution in [2.24, 2.45) is 0 Å². The highest BCUT2D eigenvalue weighted by atomic mass is 14.9. The summed E-state index contributed by atoms with van der Waals surface area (Å²) in [4.78, 5) is 0. The van der Waals surface area contributed by atoms with Gasteiger partial charge in [0.15, 0.2) is 0 Å². The monoisotopic (exact) mass is 265 g/mol. The largest absolute Gasteiger partial charge is 0.313 e. The Balaban J connectivity index is 1.70. The second-order valence-corrected chi connectivity index (χ2v) is 5.75. The minimum Gasteiger partial charge on any atom is -0.313 e. The summed E-state index contributed by atoms with van der Waals surface area (Å²) < 4.78 is 0. The number of fused-ring (bicyclic) bond motifs is 1. The van der Waals surface area contributed by atoms with Crippen LogP contribution >= 0.6 is 0 Å². The number of hydrogen-bond donors (Lipinski definition) is 1. The summed E-state index contributed by atoms with van der Waals surface area (Å²) in [5, 5.41) is 3.48. The van der Waals surface area contributed by atoms with Gasteiger partial charge in [0.2, 0.25) is 0 Å². The first kappa shape index (κ1) is 13.4. The van der Waals surface area contributed by atoms with Gasteiger partial charge in [-0.1, -0.05) is 48.5 Å². The van der Waals surface area contributed by atoms with Gasteiger partial charge in [0.05, 0.1) is 0 Å². The summed E-state index contributed by atoms with van der Waals surface area (Å²) in [6, 6.07) is 18.3. The Bertz CT molecular complexity index is 559. The van der Waals surface area contributed by atoms with Crippen LogP contribution in [-0.2, 0) is 19.3 Å². The predicted octanol–water partition coefficient (Wildman–Crippen LogP) is 4.07. The maximum absolute atomic E-state index is 3.48. The zero-order chi connectivity index (χ0) is 13.8. The summed E-state index contributed by atoms with van der Waals surface area (Å²) in [5.74, 6) is 0. The third kappa shape index (κ3) is 2.94. The molecule has 0 aliphatic heterocycles. The molecular formula is C19H23N. The van der Waals surface area contributed by atoms with E-state index in [4.69, 9.17) is 0 Å². The molecule has 2 aromatic carbocycles. The molecular weight excluding hydrogens is 242 g/mol. The highest BCUT2D eigenvalue weighted by molar-refractivity contribution is 5.36. The molecule has 104 valence electrons. The van der Waals surface area contributed by atoms with Crippen molar-refractivity contribution in [1.82, 2.24) is 5.32 Å². The molecule has 0 saturated carbocycles. The SMILES string of the molecule is CNC(CCc1ccccc1)c1ccc2c(c1)CCC2. The average Bonchev–Trinajstić information content (AvgIpc) is 2.96. The van der Waals surface area contributed by atoms with Gasteiger partial charge >= 0.3 is 0 Å². The Kier molecular flexibility index (Phi) is 4.17. The van der Waals surface area contributed by atoms with E-state index in [9.17, 15) is 0 Å². The Morgan fingerprint density at radius 2 is 1.80 bits per heavy atom. The minimum absolute atomic E-state index is 0.459. The standard InChI is InChI=1S/C19H23N/c1-20-19(13-10-15-6-3-2-4-7-15)18-12-11-16-8-5-9-17(16)14-18/h2-4,6-7,11-12,14,19-20H,5,8-10,13H2,1H3. The molecule has 1 unspecified atom stereocenters. The smallest absolute Gasteiger partial charge is 0.0320 e. The van der Waals surface area contributed by atoms with E-state index in [2.05, 4.69) is 60.9 Å². The summed E-state index contributed by atoms with van der Waals surface area (Å²) in [5.41, 5.74) is 6.01. The van der Waals surface area contributed by atoms with Crippen LogP contribution in [0.5, 0.6) is 0 Å². The van der Waals surface area contributed by atoms with Gasteiger partial charge in [0.1, 0.15) is 0 Å². The molecule has 0 fully saturated rings. The lowest BCUT2D eigenvalue weighted by atomic mass is 9.96. The molecule has 1 N–H and O–H groups in total. The van der Waals surface area contributed by atoms with Crippen LogP contribution in [0, 0.1) is 0 Å². The first-order valence-corrected chi connectivity index (χ1v) is 7.69. The zero-order valence-corrected chi connectivity index (χ0v) is 12.2. The van der Waals surface area contributed by atoms with E-state index in [0.717, 1.165) is 12.8 Å². The van der Waals surface area contributed by atoms with E-state index in [1.807, 2.05) is 0 Å². The van der Waals surface area contributed by atoms with Crippen LogP contribution in [0.25, 0.3) is 0 Å². The summed E-state index contributed by atoms with van der Waals surface area (Å²) >= 11 is 0. The fraction of sp³-hybridized carbons (Fsp3) is 0.368. The highest BCUT2D eigenvalue weighted by Crippen LogP contribution is 2.27. The Labute approximate surface area is 122 Å². The van der Waals surface area contributed by atoms with Crippen molar-refractivity contribution in [3.05, 3.63) is 70.8 Å². The minimum atomic E-state index is 0.459. The van der Waals surface area contributed by atoms with Crippen LogP contribution in [0.2, 0.25) is 0 Å². The molecule has 20 heavy (non-hydrogen) atoms. The fourth-order valence-corrected chi connectivity index (χ4v) is 3.24. The van der Waals surface area contributed by atoms with Gasteiger partial charge < -0.3 is 5.32 Å². The maximum atomic E-state index is 3.48. The second-order valence-electron chi connectivity index (χ2n) is 5.75. The fourth-order valence-electron chi connectivity index (χ4n) is 3.24. The molecule has 2 aromatic rings. The molecule has 3 rings (SSSR count). The van der Waals surface area contributed by atoms with E-state index in [1.54, 1.807) is 11.1 Å². The van der Waals surface area contributed by atoms with Gasteiger partial charge in [-0.15, -0.1) is 0 Å². The van der Waals surface area contributed by atoms with Gasteiger partial charge in [-0.25, -0.2) is 0 Å². The zero-order valence-electron chi connectivity index (χ0n) is 12.2. The first-order chi connectivity index (χ1) is 9.86. The van der Waals surface area contributed by atoms with Crippen LogP contribution in [0.1, 0.15) is 41.1 Å². The Hall–Kier alpha value is -1.60. The molecule has 1 nitrogen and oxygen atoms in total. The van der Waals surface area contributed by atoms with E-state index >= 15 is 0 Å². The lowest BCUT2D eigenvalue weighted by Gasteiger charge is -2.18. The Morgan fingerprint density at radius 1 is 1.00 bits per heavy atom. The lowest BCUT2D eigenvalue weighted by Crippen LogP contribution is -2.17. The van der Waals surface area contributed by atoms with Crippen LogP contribution in [0.3, 0.4) is 0 Å². The number of hydrogen-bond acceptors (Lipinski definition) is 1. The molecule has 0 spiro atoms. The quantitative estimate of drug-likeness (QED) is 0.859. The van der Waals surface area contributed by atoms with Crippen molar-refractivity contribution < 1.29 is 0 Å². The van der Waals surface area contributed by atoms with Gasteiger partial charge in [0.25, 0.3) is 0 Å². The van der Waals surface area contributed by atoms with Crippen molar-refractivity contribution in [3.8, 4) is 0 Å². The van der Waals surface area contributed by atoms with Crippen molar-refractivity contribution in [3.63, 3.8) is 0 Å². The van der Waals surface area contributed by atoms with Crippen LogP contribution < -0.4 is 5.32 Å². The molecule has 0 radical (unpaired) electrons. The molecule has 0 heterocycles. The molecule has 1 heteroatoms. The molecule has 1 aliphatic rings. The van der Waals surface area contributed by atoms with Crippen molar-refractivity contribution in [2.75, 3.05) is 7.05 Å². The summed E-state index contributed by atoms with van der Waals surface area (Å²) in [6.45, 7) is 0. The Morgan fingerprint density at radius 3 is 2.60 bits per heavy atom. The van der Waals surface area contributed by atoms with Gasteiger partial charge in [-0.2, -0.15) is 0 Å². The van der Waals surface area contributed by atoms with E-state index in [1.165, 1.54) is 30.4 Å². The van der Waals surface area contributed by atoms with Crippen molar-refractivity contribution in [2.45, 2.75) is 38.1 Å². The lowest BCUT2D eigenvalue weighted by molar-refractivity contribution is 0.549. The van der Waals surface area contributed by atoms with Gasteiger partial charge in [-0.3, -0.25) is 0 Å². The average molecular weight is 265 g/mol. The normalized spacial score (nSPS) is 15.1. The third-order valence-electron chi connectivity index (χ3n) is 4.44. The number of aryl methyl sites for hydroxylation is 3. The van der Waals surface area contributed by atoms with Gasteiger partial charge in [0, 0.05) is 6.04 Å². The first-order valence-electron chi connectivity index (χ1n) is 7.69. The van der Waals surface area contributed by atoms with E-state index in [0.29, 0.717) is 6.04 Å². The third-order valence-corrected chi connectivity index (χ3v) is 4.44. The number of nitrogens with one attached hydrogen (secondary N) is 1. The molecule has 1 aliphatic carbocycles.